The molecule has 1 atom stereocenters. The molecule has 0 aromatic heterocycles. The first-order valence-electron chi connectivity index (χ1n) is 31.1. The zero-order valence-electron chi connectivity index (χ0n) is 50.5. The summed E-state index contributed by atoms with van der Waals surface area (Å²) in [5.74, 6) is -1.06. The number of esters is 3. The molecule has 80 heavy (non-hydrogen) atoms. The van der Waals surface area contributed by atoms with Crippen LogP contribution < -0.4 is 0 Å². The molecule has 0 saturated heterocycles. The highest BCUT2D eigenvalue weighted by Crippen LogP contribution is 2.11. The molecule has 0 bridgehead atoms. The van der Waals surface area contributed by atoms with Crippen LogP contribution in [0.25, 0.3) is 0 Å². The van der Waals surface area contributed by atoms with Crippen molar-refractivity contribution in [2.75, 3.05) is 13.2 Å². The summed E-state index contributed by atoms with van der Waals surface area (Å²) in [6.45, 7) is 6.23. The molecular weight excluding hydrogens is 985 g/mol. The molecule has 0 aliphatic rings. The minimum atomic E-state index is -0.837. The van der Waals surface area contributed by atoms with E-state index in [1.54, 1.807) is 0 Å². The van der Waals surface area contributed by atoms with Gasteiger partial charge in [-0.3, -0.25) is 14.4 Å². The van der Waals surface area contributed by atoms with Crippen molar-refractivity contribution in [3.63, 3.8) is 0 Å². The van der Waals surface area contributed by atoms with Crippen LogP contribution in [0.15, 0.2) is 207 Å². The highest BCUT2D eigenvalue weighted by atomic mass is 16.6. The van der Waals surface area contributed by atoms with Gasteiger partial charge in [0, 0.05) is 19.3 Å². The Morgan fingerprint density at radius 3 is 0.800 bits per heavy atom. The fourth-order valence-corrected chi connectivity index (χ4v) is 7.46. The van der Waals surface area contributed by atoms with Crippen LogP contribution in [-0.4, -0.2) is 37.2 Å². The van der Waals surface area contributed by atoms with Gasteiger partial charge >= 0.3 is 17.9 Å². The quantitative estimate of drug-likeness (QED) is 0.0261. The first-order chi connectivity index (χ1) is 39.5. The molecule has 6 nitrogen and oxygen atoms in total. The summed E-state index contributed by atoms with van der Waals surface area (Å²) in [7, 11) is 0. The van der Waals surface area contributed by atoms with Gasteiger partial charge < -0.3 is 14.2 Å². The Morgan fingerprint density at radius 1 is 0.263 bits per heavy atom. The van der Waals surface area contributed by atoms with Crippen molar-refractivity contribution in [3.8, 4) is 0 Å². The van der Waals surface area contributed by atoms with Crippen molar-refractivity contribution in [2.45, 2.75) is 226 Å². The van der Waals surface area contributed by atoms with Crippen LogP contribution in [0.5, 0.6) is 0 Å². The van der Waals surface area contributed by atoms with Crippen LogP contribution in [0.4, 0.5) is 0 Å². The van der Waals surface area contributed by atoms with Gasteiger partial charge in [0.25, 0.3) is 0 Å². The second-order valence-corrected chi connectivity index (χ2v) is 19.5. The Morgan fingerprint density at radius 2 is 0.500 bits per heavy atom. The van der Waals surface area contributed by atoms with Gasteiger partial charge in [0.2, 0.25) is 0 Å². The van der Waals surface area contributed by atoms with Gasteiger partial charge in [0.1, 0.15) is 13.2 Å². The molecule has 0 aromatic carbocycles. The van der Waals surface area contributed by atoms with Crippen LogP contribution >= 0.6 is 0 Å². The Labute approximate surface area is 489 Å². The summed E-state index contributed by atoms with van der Waals surface area (Å²) in [5.41, 5.74) is 0. The zero-order chi connectivity index (χ0) is 57.8. The van der Waals surface area contributed by atoms with E-state index in [1.807, 2.05) is 0 Å². The molecule has 0 aliphatic heterocycles. The summed E-state index contributed by atoms with van der Waals surface area (Å²) < 4.78 is 16.7. The van der Waals surface area contributed by atoms with Crippen molar-refractivity contribution in [1.82, 2.24) is 0 Å². The molecule has 0 amide bonds. The lowest BCUT2D eigenvalue weighted by atomic mass is 10.1. The van der Waals surface area contributed by atoms with Crippen molar-refractivity contribution < 1.29 is 28.6 Å². The Balaban J connectivity index is 4.35. The van der Waals surface area contributed by atoms with Crippen LogP contribution in [0, 0.1) is 0 Å². The molecule has 0 heterocycles. The Hall–Kier alpha value is -6.01. The Kier molecular flexibility index (Phi) is 60.6. The highest BCUT2D eigenvalue weighted by molar-refractivity contribution is 5.71. The first kappa shape index (κ1) is 74.0. The topological polar surface area (TPSA) is 78.9 Å². The molecule has 0 radical (unpaired) electrons. The predicted octanol–water partition coefficient (Wildman–Crippen LogP) is 21.6. The number of hydrogen-bond acceptors (Lipinski definition) is 6. The largest absolute Gasteiger partial charge is 0.462 e. The fourth-order valence-electron chi connectivity index (χ4n) is 7.46. The number of allylic oxidation sites excluding steroid dienone is 34. The summed E-state index contributed by atoms with van der Waals surface area (Å²) >= 11 is 0. The third kappa shape index (κ3) is 62.8. The van der Waals surface area contributed by atoms with E-state index in [-0.39, 0.29) is 38.0 Å². The normalized spacial score (nSPS) is 13.6. The fraction of sp³-hybridized carbons (Fsp3) is 0.500. The summed E-state index contributed by atoms with van der Waals surface area (Å²) in [6, 6.07) is 0. The lowest BCUT2D eigenvalue weighted by molar-refractivity contribution is -0.167. The van der Waals surface area contributed by atoms with E-state index >= 15 is 0 Å². The summed E-state index contributed by atoms with van der Waals surface area (Å²) in [4.78, 5) is 37.9. The maximum atomic E-state index is 12.8. The predicted molar refractivity (Wildman–Crippen MR) is 347 cm³/mol. The Bertz CT molecular complexity index is 1980. The molecule has 0 aromatic rings. The van der Waals surface area contributed by atoms with Crippen molar-refractivity contribution in [2.24, 2.45) is 0 Å². The molecular formula is C74H110O6. The SMILES string of the molecule is CC/C=C\C/C=C\C/C=C\C/C=C\C/C=C\C/C=C\C/C=C\C/C=C\C/C=C\C/C=C\CCCCC(=O)OCC(COC(=O)CCCCCCCC)OC(=O)CCC/C=C\C/C=C\C/C=C\C/C=C\C/C=C\C/C=C\C/C=C\CC. The molecule has 0 N–H and O–H groups in total. The maximum Gasteiger partial charge on any atom is 0.306 e. The minimum absolute atomic E-state index is 0.126. The monoisotopic (exact) mass is 1090 g/mol. The van der Waals surface area contributed by atoms with E-state index in [0.29, 0.717) is 19.3 Å². The first-order valence-corrected chi connectivity index (χ1v) is 31.1. The second kappa shape index (κ2) is 65.5. The van der Waals surface area contributed by atoms with Crippen LogP contribution in [-0.2, 0) is 28.6 Å². The zero-order valence-corrected chi connectivity index (χ0v) is 50.5. The maximum absolute atomic E-state index is 12.8. The van der Waals surface area contributed by atoms with Crippen LogP contribution in [0.3, 0.4) is 0 Å². The molecule has 0 spiro atoms. The number of carbonyl (C=O) groups is 3. The summed E-state index contributed by atoms with van der Waals surface area (Å²) in [5, 5.41) is 0. The van der Waals surface area contributed by atoms with Crippen LogP contribution in [0.1, 0.15) is 220 Å². The standard InChI is InChI=1S/C74H110O6/c1-4-7-10-13-16-18-20-22-24-26-28-30-32-33-34-35-36-37-38-39-40-41-43-44-46-48-50-52-54-56-58-61-64-67-73(76)79-70-71(69-78-72(75)66-63-60-15-12-9-6-3)80-74(77)68-65-62-59-57-55-53-51-49-47-45-42-31-29-27-25-23-21-19-17-14-11-8-5-2/h7-8,10-11,16-19,22-25,28-31,33-34,36-37,39-40,43-45,47-48,50-51,53-54,56-57,59,71H,4-6,9,12-15,20-21,26-27,32,35,38,41-42,46,49,52,55,58,60-70H2,1-3H3/b10-7-,11-8-,18-16-,19-17-,24-22-,25-23-,30-28-,31-29-,34-33-,37-36-,40-39-,44-43-,47-45-,50-48-,53-51-,56-54-,59-57-. The van der Waals surface area contributed by atoms with E-state index < -0.39 is 12.1 Å². The van der Waals surface area contributed by atoms with E-state index in [0.717, 1.165) is 148 Å². The van der Waals surface area contributed by atoms with Crippen molar-refractivity contribution in [3.05, 3.63) is 207 Å². The average Bonchev–Trinajstić information content (AvgIpc) is 3.46. The molecule has 0 aliphatic carbocycles. The second-order valence-electron chi connectivity index (χ2n) is 19.5. The van der Waals surface area contributed by atoms with Crippen LogP contribution in [0.2, 0.25) is 0 Å². The van der Waals surface area contributed by atoms with Gasteiger partial charge in [-0.2, -0.15) is 0 Å². The van der Waals surface area contributed by atoms with E-state index in [2.05, 4.69) is 227 Å². The highest BCUT2D eigenvalue weighted by Gasteiger charge is 2.19. The van der Waals surface area contributed by atoms with E-state index in [1.165, 1.54) is 19.3 Å². The summed E-state index contributed by atoms with van der Waals surface area (Å²) in [6.07, 6.45) is 102. The average molecular weight is 1100 g/mol. The molecule has 6 heteroatoms. The molecule has 0 saturated carbocycles. The third-order valence-electron chi connectivity index (χ3n) is 12.0. The van der Waals surface area contributed by atoms with Gasteiger partial charge in [-0.05, 0) is 148 Å². The molecule has 0 fully saturated rings. The van der Waals surface area contributed by atoms with Crippen molar-refractivity contribution in [1.29, 1.82) is 0 Å². The molecule has 1 unspecified atom stereocenters. The number of unbranched alkanes of at least 4 members (excludes halogenated alkanes) is 8. The van der Waals surface area contributed by atoms with Crippen molar-refractivity contribution >= 4 is 17.9 Å². The smallest absolute Gasteiger partial charge is 0.306 e. The van der Waals surface area contributed by atoms with Gasteiger partial charge in [-0.25, -0.2) is 0 Å². The van der Waals surface area contributed by atoms with Gasteiger partial charge in [-0.15, -0.1) is 0 Å². The van der Waals surface area contributed by atoms with Gasteiger partial charge in [0.15, 0.2) is 6.10 Å². The minimum Gasteiger partial charge on any atom is -0.462 e. The van der Waals surface area contributed by atoms with Gasteiger partial charge in [0.05, 0.1) is 0 Å². The number of hydrogen-bond donors (Lipinski definition) is 0. The van der Waals surface area contributed by atoms with E-state index in [4.69, 9.17) is 14.2 Å². The van der Waals surface area contributed by atoms with E-state index in [9.17, 15) is 14.4 Å². The van der Waals surface area contributed by atoms with Gasteiger partial charge in [-0.1, -0.05) is 259 Å². The number of ether oxygens (including phenoxy) is 3. The number of carbonyl (C=O) groups excluding carboxylic acids is 3. The molecule has 0 rings (SSSR count). The third-order valence-corrected chi connectivity index (χ3v) is 12.0. The number of rotatable bonds is 53. The lowest BCUT2D eigenvalue weighted by Crippen LogP contribution is -2.30. The molecule has 442 valence electrons. The lowest BCUT2D eigenvalue weighted by Gasteiger charge is -2.18.